The highest BCUT2D eigenvalue weighted by Gasteiger charge is 2.27. The molecule has 1 atom stereocenters. The first-order chi connectivity index (χ1) is 12.9. The van der Waals surface area contributed by atoms with Crippen LogP contribution in [0.1, 0.15) is 43.1 Å². The molecule has 1 saturated heterocycles. The van der Waals surface area contributed by atoms with Crippen molar-refractivity contribution in [1.82, 2.24) is 15.5 Å². The van der Waals surface area contributed by atoms with Crippen LogP contribution in [0, 0.1) is 5.92 Å². The van der Waals surface area contributed by atoms with Crippen LogP contribution in [-0.2, 0) is 16.1 Å². The number of ether oxygens (including phenoxy) is 1. The fourth-order valence-electron chi connectivity index (χ4n) is 2.99. The molecular weight excluding hydrogens is 344 g/mol. The fraction of sp³-hybridized carbons (Fsp3) is 0.550. The molecule has 0 aliphatic carbocycles. The van der Waals surface area contributed by atoms with E-state index >= 15 is 0 Å². The highest BCUT2D eigenvalue weighted by molar-refractivity contribution is 5.89. The number of nitrogens with one attached hydrogen (secondary N) is 2. The third-order valence-corrected chi connectivity index (χ3v) is 4.47. The summed E-state index contributed by atoms with van der Waals surface area (Å²) in [6.45, 7) is 8.62. The van der Waals surface area contributed by atoms with Crippen LogP contribution in [0.3, 0.4) is 0 Å². The van der Waals surface area contributed by atoms with Crippen molar-refractivity contribution in [3.63, 3.8) is 0 Å². The molecule has 27 heavy (non-hydrogen) atoms. The summed E-state index contributed by atoms with van der Waals surface area (Å²) in [7, 11) is 1.37. The predicted octanol–water partition coefficient (Wildman–Crippen LogP) is 1.79. The third-order valence-electron chi connectivity index (χ3n) is 4.47. The summed E-state index contributed by atoms with van der Waals surface area (Å²) in [5, 5.41) is 6.67. The number of esters is 1. The Morgan fingerprint density at radius 2 is 2.00 bits per heavy atom. The molecule has 0 radical (unpaired) electrons. The molecule has 1 unspecified atom stereocenters. The summed E-state index contributed by atoms with van der Waals surface area (Å²) >= 11 is 0. The van der Waals surface area contributed by atoms with E-state index in [1.165, 1.54) is 7.11 Å². The second-order valence-corrected chi connectivity index (χ2v) is 6.95. The zero-order chi connectivity index (χ0) is 19.8. The van der Waals surface area contributed by atoms with E-state index < -0.39 is 0 Å². The van der Waals surface area contributed by atoms with Crippen LogP contribution in [0.2, 0.25) is 0 Å². The fourth-order valence-corrected chi connectivity index (χ4v) is 2.99. The minimum absolute atomic E-state index is 0.0265. The lowest BCUT2D eigenvalue weighted by molar-refractivity contribution is -0.133. The van der Waals surface area contributed by atoms with Crippen molar-refractivity contribution in [1.29, 1.82) is 0 Å². The van der Waals surface area contributed by atoms with Gasteiger partial charge in [-0.1, -0.05) is 26.0 Å². The summed E-state index contributed by atoms with van der Waals surface area (Å²) in [6, 6.07) is 7.43. The number of methoxy groups -OCH3 is 1. The molecule has 2 rings (SSSR count). The van der Waals surface area contributed by atoms with E-state index in [1.807, 2.05) is 37.8 Å². The Hall–Kier alpha value is -2.57. The van der Waals surface area contributed by atoms with Gasteiger partial charge in [-0.05, 0) is 31.0 Å². The summed E-state index contributed by atoms with van der Waals surface area (Å²) in [4.78, 5) is 30.2. The predicted molar refractivity (Wildman–Crippen MR) is 106 cm³/mol. The van der Waals surface area contributed by atoms with Crippen LogP contribution in [0.4, 0.5) is 0 Å². The van der Waals surface area contributed by atoms with E-state index in [9.17, 15) is 9.59 Å². The van der Waals surface area contributed by atoms with Gasteiger partial charge in [0.15, 0.2) is 5.96 Å². The first-order valence-electron chi connectivity index (χ1n) is 9.45. The average Bonchev–Trinajstić information content (AvgIpc) is 3.13. The molecule has 1 aromatic rings. The van der Waals surface area contributed by atoms with Gasteiger partial charge < -0.3 is 20.3 Å². The van der Waals surface area contributed by atoms with Crippen molar-refractivity contribution < 1.29 is 14.3 Å². The first-order valence-corrected chi connectivity index (χ1v) is 9.45. The second kappa shape index (κ2) is 9.94. The number of aliphatic imine (C=N–C) groups is 1. The van der Waals surface area contributed by atoms with E-state index in [-0.39, 0.29) is 23.8 Å². The van der Waals surface area contributed by atoms with Crippen molar-refractivity contribution in [3.05, 3.63) is 35.4 Å². The molecular formula is C20H30N4O3. The molecule has 1 aliphatic heterocycles. The van der Waals surface area contributed by atoms with Crippen molar-refractivity contribution in [2.24, 2.45) is 10.9 Å². The van der Waals surface area contributed by atoms with Gasteiger partial charge in [-0.2, -0.15) is 0 Å². The van der Waals surface area contributed by atoms with Gasteiger partial charge in [0.25, 0.3) is 0 Å². The van der Waals surface area contributed by atoms with E-state index in [1.54, 1.807) is 12.1 Å². The smallest absolute Gasteiger partial charge is 0.337 e. The normalized spacial score (nSPS) is 17.1. The largest absolute Gasteiger partial charge is 0.465 e. The lowest BCUT2D eigenvalue weighted by Crippen LogP contribution is -2.45. The van der Waals surface area contributed by atoms with Gasteiger partial charge in [0, 0.05) is 31.6 Å². The molecule has 1 heterocycles. The zero-order valence-electron chi connectivity index (χ0n) is 16.6. The van der Waals surface area contributed by atoms with Crippen LogP contribution >= 0.6 is 0 Å². The molecule has 1 amide bonds. The number of hydrogen-bond acceptors (Lipinski definition) is 4. The van der Waals surface area contributed by atoms with Gasteiger partial charge in [0.05, 0.1) is 19.2 Å². The Kier molecular flexibility index (Phi) is 7.64. The molecule has 7 nitrogen and oxygen atoms in total. The summed E-state index contributed by atoms with van der Waals surface area (Å²) in [6.07, 6.45) is 0.913. The number of amides is 1. The number of benzene rings is 1. The van der Waals surface area contributed by atoms with Gasteiger partial charge in [0.2, 0.25) is 5.91 Å². The molecule has 2 N–H and O–H groups in total. The molecule has 0 aromatic heterocycles. The number of carbonyl (C=O) groups excluding carboxylic acids is 2. The van der Waals surface area contributed by atoms with Gasteiger partial charge in [-0.25, -0.2) is 9.79 Å². The van der Waals surface area contributed by atoms with Gasteiger partial charge >= 0.3 is 5.97 Å². The van der Waals surface area contributed by atoms with E-state index in [0.717, 1.165) is 31.0 Å². The molecule has 148 valence electrons. The van der Waals surface area contributed by atoms with Crippen molar-refractivity contribution in [2.45, 2.75) is 39.8 Å². The minimum Gasteiger partial charge on any atom is -0.465 e. The Balaban J connectivity index is 1.94. The second-order valence-electron chi connectivity index (χ2n) is 6.95. The quantitative estimate of drug-likeness (QED) is 0.451. The van der Waals surface area contributed by atoms with Crippen LogP contribution < -0.4 is 10.6 Å². The number of likely N-dealkylation sites (tertiary alicyclic amines) is 1. The van der Waals surface area contributed by atoms with E-state index in [4.69, 9.17) is 4.74 Å². The lowest BCUT2D eigenvalue weighted by atomic mass is 10.1. The van der Waals surface area contributed by atoms with E-state index in [2.05, 4.69) is 15.6 Å². The maximum absolute atomic E-state index is 12.1. The van der Waals surface area contributed by atoms with Crippen LogP contribution in [0.5, 0.6) is 0 Å². The molecule has 1 aromatic carbocycles. The van der Waals surface area contributed by atoms with Crippen LogP contribution in [0.15, 0.2) is 29.3 Å². The standard InChI is InChI=1S/C20H30N4O3/c1-5-21-20(23-17-10-11-24(13-17)18(25)14(2)3)22-12-15-6-8-16(9-7-15)19(26)27-4/h6-9,14,17H,5,10-13H2,1-4H3,(H2,21,22,23). The maximum Gasteiger partial charge on any atom is 0.337 e. The number of nitrogens with zero attached hydrogens (tertiary/aromatic N) is 2. The first kappa shape index (κ1) is 20.7. The van der Waals surface area contributed by atoms with E-state index in [0.29, 0.717) is 18.7 Å². The number of carbonyl (C=O) groups is 2. The van der Waals surface area contributed by atoms with Crippen LogP contribution in [-0.4, -0.2) is 55.5 Å². The number of rotatable bonds is 6. The Morgan fingerprint density at radius 3 is 2.59 bits per heavy atom. The summed E-state index contributed by atoms with van der Waals surface area (Å²) in [5.41, 5.74) is 1.53. The third kappa shape index (κ3) is 5.98. The number of guanidine groups is 1. The zero-order valence-corrected chi connectivity index (χ0v) is 16.6. The van der Waals surface area contributed by atoms with Crippen molar-refractivity contribution in [2.75, 3.05) is 26.7 Å². The number of hydrogen-bond donors (Lipinski definition) is 2. The molecule has 0 spiro atoms. The monoisotopic (exact) mass is 374 g/mol. The Labute approximate surface area is 161 Å². The summed E-state index contributed by atoms with van der Waals surface area (Å²) in [5.74, 6) is 0.616. The topological polar surface area (TPSA) is 83.0 Å². The minimum atomic E-state index is -0.346. The maximum atomic E-state index is 12.1. The highest BCUT2D eigenvalue weighted by Crippen LogP contribution is 2.13. The average molecular weight is 374 g/mol. The Morgan fingerprint density at radius 1 is 1.30 bits per heavy atom. The van der Waals surface area contributed by atoms with Gasteiger partial charge in [0.1, 0.15) is 0 Å². The highest BCUT2D eigenvalue weighted by atomic mass is 16.5. The lowest BCUT2D eigenvalue weighted by Gasteiger charge is -2.20. The molecule has 0 bridgehead atoms. The van der Waals surface area contributed by atoms with Crippen molar-refractivity contribution >= 4 is 17.8 Å². The van der Waals surface area contributed by atoms with Crippen LogP contribution in [0.25, 0.3) is 0 Å². The summed E-state index contributed by atoms with van der Waals surface area (Å²) < 4.78 is 4.71. The van der Waals surface area contributed by atoms with Gasteiger partial charge in [-0.3, -0.25) is 4.79 Å². The molecule has 1 fully saturated rings. The SMILES string of the molecule is CCNC(=NCc1ccc(C(=O)OC)cc1)NC1CCN(C(=O)C(C)C)C1. The molecule has 7 heteroatoms. The van der Waals surface area contributed by atoms with Gasteiger partial charge in [-0.15, -0.1) is 0 Å². The van der Waals surface area contributed by atoms with Crippen molar-refractivity contribution in [3.8, 4) is 0 Å². The molecule has 1 aliphatic rings. The Bertz CT molecular complexity index is 670. The molecule has 0 saturated carbocycles.